The lowest BCUT2D eigenvalue weighted by Gasteiger charge is -1.98. The summed E-state index contributed by atoms with van der Waals surface area (Å²) in [6, 6.07) is -1.74. The zero-order valence-electron chi connectivity index (χ0n) is 4.17. The topological polar surface area (TPSA) is 43.1 Å². The molecule has 0 fully saturated rings. The van der Waals surface area contributed by atoms with Gasteiger partial charge in [-0.05, 0) is 0 Å². The summed E-state index contributed by atoms with van der Waals surface area (Å²) < 4.78 is 22.5. The van der Waals surface area contributed by atoms with Crippen molar-refractivity contribution in [2.45, 2.75) is 19.4 Å². The first-order valence-electron chi connectivity index (χ1n) is 1.97. The molecule has 0 spiro atoms. The van der Waals surface area contributed by atoms with Crippen LogP contribution >= 0.6 is 0 Å². The van der Waals surface area contributed by atoms with E-state index in [0.29, 0.717) is 0 Å². The highest BCUT2D eigenvalue weighted by Gasteiger charge is 2.24. The van der Waals surface area contributed by atoms with Gasteiger partial charge in [0.2, 0.25) is 0 Å². The molecule has 0 aliphatic heterocycles. The molecule has 0 aromatic rings. The van der Waals surface area contributed by atoms with E-state index >= 15 is 0 Å². The fourth-order valence-electron chi connectivity index (χ4n) is 0.0920. The maximum absolute atomic E-state index is 11.2. The number of hydrogen-bond donors (Lipinski definition) is 0. The van der Waals surface area contributed by atoms with Crippen LogP contribution in [0, 0.1) is 10.1 Å². The smallest absolute Gasteiger partial charge is 0.264 e. The molecule has 0 aliphatic rings. The van der Waals surface area contributed by atoms with Crippen molar-refractivity contribution in [1.82, 2.24) is 0 Å². The molecule has 5 heteroatoms. The summed E-state index contributed by atoms with van der Waals surface area (Å²) in [5.74, 6) is 0. The second-order valence-electron chi connectivity index (χ2n) is 1.36. The molecule has 0 saturated carbocycles. The average Bonchev–Trinajstić information content (AvgIpc) is 1.64. The second-order valence-corrected chi connectivity index (χ2v) is 1.36. The lowest BCUT2D eigenvalue weighted by atomic mass is 10.4. The molecule has 0 N–H and O–H groups in total. The predicted molar refractivity (Wildman–Crippen MR) is 22.5 cm³/mol. The van der Waals surface area contributed by atoms with Crippen LogP contribution in [-0.4, -0.2) is 17.4 Å². The molecule has 0 heterocycles. The van der Waals surface area contributed by atoms with E-state index in [9.17, 15) is 18.9 Å². The molecule has 0 aliphatic carbocycles. The number of nitrogens with zero attached hydrogens (tertiary/aromatic N) is 1. The van der Waals surface area contributed by atoms with E-state index in [-0.39, 0.29) is 0 Å². The Morgan fingerprint density at radius 1 is 1.62 bits per heavy atom. The van der Waals surface area contributed by atoms with Gasteiger partial charge in [0.25, 0.3) is 6.04 Å². The number of nitro groups is 1. The van der Waals surface area contributed by atoms with Gasteiger partial charge >= 0.3 is 6.43 Å². The monoisotopic (exact) mass is 125 g/mol. The van der Waals surface area contributed by atoms with Crippen molar-refractivity contribution in [3.63, 3.8) is 0 Å². The molecule has 0 aromatic heterocycles. The van der Waals surface area contributed by atoms with E-state index in [0.717, 1.165) is 6.92 Å². The third kappa shape index (κ3) is 1.81. The Morgan fingerprint density at radius 2 is 2.00 bits per heavy atom. The van der Waals surface area contributed by atoms with Crippen molar-refractivity contribution in [3.05, 3.63) is 10.1 Å². The maximum Gasteiger partial charge on any atom is 0.304 e. The van der Waals surface area contributed by atoms with E-state index in [1.165, 1.54) is 0 Å². The Hall–Kier alpha value is -0.740. The molecule has 3 nitrogen and oxygen atoms in total. The molecular weight excluding hydrogens is 120 g/mol. The molecule has 8 heavy (non-hydrogen) atoms. The van der Waals surface area contributed by atoms with Crippen molar-refractivity contribution >= 4 is 0 Å². The standard InChI is InChI=1S/C3H5F2NO2/c1-2(3(4)5)6(7)8/h2-3H,1H3. The van der Waals surface area contributed by atoms with Crippen molar-refractivity contribution in [2.24, 2.45) is 0 Å². The summed E-state index contributed by atoms with van der Waals surface area (Å²) in [5, 5.41) is 9.47. The third-order valence-corrected chi connectivity index (χ3v) is 0.697. The summed E-state index contributed by atoms with van der Waals surface area (Å²) >= 11 is 0. The van der Waals surface area contributed by atoms with E-state index in [1.54, 1.807) is 0 Å². The quantitative estimate of drug-likeness (QED) is 0.406. The van der Waals surface area contributed by atoms with Crippen LogP contribution in [0.25, 0.3) is 0 Å². The maximum atomic E-state index is 11.2. The molecule has 0 bridgehead atoms. The number of alkyl halides is 2. The van der Waals surface area contributed by atoms with Gasteiger partial charge in [-0.3, -0.25) is 10.1 Å². The molecular formula is C3H5F2NO2. The zero-order chi connectivity index (χ0) is 6.73. The number of halogens is 2. The van der Waals surface area contributed by atoms with E-state index in [4.69, 9.17) is 0 Å². The van der Waals surface area contributed by atoms with Gasteiger partial charge in [-0.15, -0.1) is 0 Å². The van der Waals surface area contributed by atoms with Crippen molar-refractivity contribution < 1.29 is 13.7 Å². The summed E-state index contributed by atoms with van der Waals surface area (Å²) in [5.41, 5.74) is 0. The number of rotatable bonds is 2. The van der Waals surface area contributed by atoms with Crippen LogP contribution in [0.4, 0.5) is 8.78 Å². The van der Waals surface area contributed by atoms with Gasteiger partial charge in [-0.25, -0.2) is 8.78 Å². The average molecular weight is 125 g/mol. The lowest BCUT2D eigenvalue weighted by molar-refractivity contribution is -0.533. The Labute approximate surface area is 44.5 Å². The minimum absolute atomic E-state index is 0.866. The van der Waals surface area contributed by atoms with Crippen molar-refractivity contribution in [2.75, 3.05) is 0 Å². The molecule has 48 valence electrons. The number of hydrogen-bond acceptors (Lipinski definition) is 2. The first-order valence-corrected chi connectivity index (χ1v) is 1.97. The minimum Gasteiger partial charge on any atom is -0.264 e. The van der Waals surface area contributed by atoms with E-state index in [2.05, 4.69) is 0 Å². The third-order valence-electron chi connectivity index (χ3n) is 0.697. The highest BCUT2D eigenvalue weighted by atomic mass is 19.3. The van der Waals surface area contributed by atoms with Gasteiger partial charge in [0.1, 0.15) is 0 Å². The van der Waals surface area contributed by atoms with Crippen LogP contribution in [0.15, 0.2) is 0 Å². The largest absolute Gasteiger partial charge is 0.304 e. The van der Waals surface area contributed by atoms with Gasteiger partial charge in [0.05, 0.1) is 0 Å². The van der Waals surface area contributed by atoms with Gasteiger partial charge < -0.3 is 0 Å². The zero-order valence-corrected chi connectivity index (χ0v) is 4.17. The molecule has 0 aromatic carbocycles. The van der Waals surface area contributed by atoms with Crippen LogP contribution in [0.5, 0.6) is 0 Å². The van der Waals surface area contributed by atoms with Gasteiger partial charge in [0.15, 0.2) is 0 Å². The Bertz CT molecular complexity index is 95.3. The van der Waals surface area contributed by atoms with Crippen LogP contribution in [0.3, 0.4) is 0 Å². The van der Waals surface area contributed by atoms with Crippen LogP contribution in [0.1, 0.15) is 6.92 Å². The Balaban J connectivity index is 3.64. The molecule has 0 amide bonds. The summed E-state index contributed by atoms with van der Waals surface area (Å²) in [6.45, 7) is 0.866. The fraction of sp³-hybridized carbons (Fsp3) is 1.00. The highest BCUT2D eigenvalue weighted by Crippen LogP contribution is 2.01. The van der Waals surface area contributed by atoms with E-state index in [1.807, 2.05) is 0 Å². The predicted octanol–water partition coefficient (Wildman–Crippen LogP) is 0.917. The second kappa shape index (κ2) is 2.54. The molecule has 0 saturated heterocycles. The SMILES string of the molecule is CC(C(F)F)[N+](=O)[O-]. The first-order chi connectivity index (χ1) is 3.55. The van der Waals surface area contributed by atoms with Crippen LogP contribution in [0.2, 0.25) is 0 Å². The normalized spacial score (nSPS) is 14.0. The fourth-order valence-corrected chi connectivity index (χ4v) is 0.0920. The Kier molecular flexibility index (Phi) is 2.30. The van der Waals surface area contributed by atoms with Crippen molar-refractivity contribution in [1.29, 1.82) is 0 Å². The highest BCUT2D eigenvalue weighted by molar-refractivity contribution is 4.47. The molecule has 1 unspecified atom stereocenters. The Morgan fingerprint density at radius 3 is 2.00 bits per heavy atom. The first kappa shape index (κ1) is 7.26. The van der Waals surface area contributed by atoms with E-state index < -0.39 is 17.4 Å². The summed E-state index contributed by atoms with van der Waals surface area (Å²) in [4.78, 5) is 8.46. The van der Waals surface area contributed by atoms with Crippen molar-refractivity contribution in [3.8, 4) is 0 Å². The molecule has 0 rings (SSSR count). The minimum atomic E-state index is -2.86. The van der Waals surface area contributed by atoms with Gasteiger partial charge in [-0.2, -0.15) is 0 Å². The lowest BCUT2D eigenvalue weighted by Crippen LogP contribution is -2.23. The van der Waals surface area contributed by atoms with Gasteiger partial charge in [0, 0.05) is 11.8 Å². The van der Waals surface area contributed by atoms with Crippen LogP contribution < -0.4 is 0 Å². The summed E-state index contributed by atoms with van der Waals surface area (Å²) in [7, 11) is 0. The summed E-state index contributed by atoms with van der Waals surface area (Å²) in [6.07, 6.45) is -2.86. The molecule has 0 radical (unpaired) electrons. The molecule has 1 atom stereocenters. The van der Waals surface area contributed by atoms with Gasteiger partial charge in [-0.1, -0.05) is 0 Å². The van der Waals surface area contributed by atoms with Crippen LogP contribution in [-0.2, 0) is 0 Å².